The fourth-order valence-corrected chi connectivity index (χ4v) is 0.771. The molecule has 44 valence electrons. The molecule has 0 bridgehead atoms. The largest absolute Gasteiger partial charge is 0.473 e. The molecule has 0 saturated heterocycles. The van der Waals surface area contributed by atoms with Gasteiger partial charge in [-0.3, -0.25) is 0 Å². The molecule has 0 fully saturated rings. The zero-order valence-corrected chi connectivity index (χ0v) is 4.73. The number of nitrogens with zero attached hydrogens (tertiary/aromatic N) is 1. The molecule has 0 unspecified atom stereocenters. The van der Waals surface area contributed by atoms with Crippen LogP contribution in [0, 0.1) is 0 Å². The van der Waals surface area contributed by atoms with E-state index in [1.165, 1.54) is 6.20 Å². The number of thiazole rings is 1. The topological polar surface area (TPSA) is 48.1 Å². The van der Waals surface area contributed by atoms with E-state index in [0.29, 0.717) is 5.00 Å². The minimum Gasteiger partial charge on any atom is -0.473 e. The van der Waals surface area contributed by atoms with E-state index in [1.54, 1.807) is 0 Å². The number of hydrogen-bond acceptors (Lipinski definition) is 4. The van der Waals surface area contributed by atoms with Crippen molar-refractivity contribution in [3.8, 4) is 5.19 Å². The van der Waals surface area contributed by atoms with Crippen molar-refractivity contribution in [3.05, 3.63) is 6.20 Å². The van der Waals surface area contributed by atoms with E-state index in [9.17, 15) is 0 Å². The number of hydrogen-bond donors (Lipinski definition) is 1. The lowest BCUT2D eigenvalue weighted by atomic mass is 10.9. The molecule has 1 aromatic heterocycles. The Morgan fingerprint density at radius 2 is 3.00 bits per heavy atom. The van der Waals surface area contributed by atoms with Crippen LogP contribution in [0.4, 0.5) is 5.00 Å². The zero-order chi connectivity index (χ0) is 8.48. The van der Waals surface area contributed by atoms with Crippen LogP contribution in [0.5, 0.6) is 5.19 Å². The van der Waals surface area contributed by atoms with Crippen LogP contribution in [0.15, 0.2) is 6.20 Å². The standard InChI is InChI=1S/C4H6N2OS/c1-7-4-6-2-3(5)8-4/h2H,5H2,1H3/i1D3. The maximum absolute atomic E-state index is 6.72. The van der Waals surface area contributed by atoms with Crippen LogP contribution in [0.1, 0.15) is 4.11 Å². The first-order valence-electron chi connectivity index (χ1n) is 3.38. The van der Waals surface area contributed by atoms with Gasteiger partial charge < -0.3 is 10.5 Å². The summed E-state index contributed by atoms with van der Waals surface area (Å²) >= 11 is 0.999. The second-order valence-electron chi connectivity index (χ2n) is 1.13. The van der Waals surface area contributed by atoms with Crippen LogP contribution in [-0.4, -0.2) is 12.0 Å². The van der Waals surface area contributed by atoms with Crippen LogP contribution in [0.3, 0.4) is 0 Å². The molecule has 4 heteroatoms. The second-order valence-corrected chi connectivity index (χ2v) is 2.16. The highest BCUT2D eigenvalue weighted by Gasteiger charge is 1.93. The normalized spacial score (nSPS) is 16.2. The first-order chi connectivity index (χ1) is 4.97. The van der Waals surface area contributed by atoms with Crippen molar-refractivity contribution >= 4 is 16.3 Å². The first-order valence-corrected chi connectivity index (χ1v) is 2.69. The molecule has 0 aromatic carbocycles. The van der Waals surface area contributed by atoms with E-state index in [2.05, 4.69) is 9.72 Å². The summed E-state index contributed by atoms with van der Waals surface area (Å²) in [6, 6.07) is 0. The number of ether oxygens (including phenoxy) is 1. The molecule has 0 radical (unpaired) electrons. The Morgan fingerprint density at radius 1 is 2.12 bits per heavy atom. The van der Waals surface area contributed by atoms with Gasteiger partial charge in [-0.05, 0) is 0 Å². The molecule has 0 amide bonds. The van der Waals surface area contributed by atoms with Gasteiger partial charge in [0, 0.05) is 0 Å². The molecule has 0 atom stereocenters. The summed E-state index contributed by atoms with van der Waals surface area (Å²) in [5.41, 5.74) is 5.29. The number of nitrogens with two attached hydrogens (primary N) is 1. The van der Waals surface area contributed by atoms with Gasteiger partial charge in [0.1, 0.15) is 5.00 Å². The zero-order valence-electron chi connectivity index (χ0n) is 6.92. The number of nitrogen functional groups attached to an aromatic ring is 1. The van der Waals surface area contributed by atoms with Gasteiger partial charge in [0.05, 0.1) is 17.3 Å². The molecule has 0 spiro atoms. The summed E-state index contributed by atoms with van der Waals surface area (Å²) in [4.78, 5) is 3.61. The Labute approximate surface area is 55.3 Å². The minimum atomic E-state index is -2.44. The van der Waals surface area contributed by atoms with Gasteiger partial charge in [0.25, 0.3) is 5.19 Å². The molecule has 1 rings (SSSR count). The van der Waals surface area contributed by atoms with E-state index < -0.39 is 7.04 Å². The summed E-state index contributed by atoms with van der Waals surface area (Å²) in [5.74, 6) is 0. The highest BCUT2D eigenvalue weighted by molar-refractivity contribution is 7.17. The van der Waals surface area contributed by atoms with Gasteiger partial charge in [-0.15, -0.1) is 0 Å². The van der Waals surface area contributed by atoms with Crippen LogP contribution in [-0.2, 0) is 0 Å². The Kier molecular flexibility index (Phi) is 0.670. The number of anilines is 1. The molecular weight excluding hydrogens is 124 g/mol. The minimum absolute atomic E-state index is 0.0718. The van der Waals surface area contributed by atoms with Gasteiger partial charge in [0.15, 0.2) is 0 Å². The monoisotopic (exact) mass is 133 g/mol. The molecule has 1 aromatic rings. The first kappa shape index (κ1) is 2.68. The molecule has 1 heterocycles. The highest BCUT2D eigenvalue weighted by atomic mass is 32.1. The maximum atomic E-state index is 6.72. The smallest absolute Gasteiger partial charge is 0.274 e. The molecule has 0 aliphatic heterocycles. The van der Waals surface area contributed by atoms with Gasteiger partial charge in [0.2, 0.25) is 0 Å². The van der Waals surface area contributed by atoms with Gasteiger partial charge >= 0.3 is 0 Å². The van der Waals surface area contributed by atoms with Crippen molar-refractivity contribution in [2.75, 3.05) is 12.8 Å². The summed E-state index contributed by atoms with van der Waals surface area (Å²) in [5, 5.41) is 0.506. The second kappa shape index (κ2) is 2.00. The van der Waals surface area contributed by atoms with Crippen LogP contribution in [0.2, 0.25) is 0 Å². The fourth-order valence-electron chi connectivity index (χ4n) is 0.317. The Hall–Kier alpha value is -0.770. The fraction of sp³-hybridized carbons (Fsp3) is 0.250. The van der Waals surface area contributed by atoms with E-state index in [4.69, 9.17) is 9.85 Å². The van der Waals surface area contributed by atoms with Gasteiger partial charge in [-0.2, -0.15) is 0 Å². The average Bonchev–Trinajstić information content (AvgIpc) is 2.10. The quantitative estimate of drug-likeness (QED) is 0.614. The van der Waals surface area contributed by atoms with Crippen molar-refractivity contribution in [3.63, 3.8) is 0 Å². The van der Waals surface area contributed by atoms with Gasteiger partial charge in [-0.1, -0.05) is 11.3 Å². The van der Waals surface area contributed by atoms with Crippen molar-refractivity contribution in [1.82, 2.24) is 4.98 Å². The number of methoxy groups -OCH3 is 1. The highest BCUT2D eigenvalue weighted by Crippen LogP contribution is 2.20. The van der Waals surface area contributed by atoms with Crippen molar-refractivity contribution in [2.24, 2.45) is 0 Å². The maximum Gasteiger partial charge on any atom is 0.274 e. The van der Waals surface area contributed by atoms with Crippen molar-refractivity contribution in [1.29, 1.82) is 0 Å². The third-order valence-corrected chi connectivity index (χ3v) is 1.29. The summed E-state index contributed by atoms with van der Waals surface area (Å²) in [6.45, 7) is 0. The molecule has 0 saturated carbocycles. The number of aromatic nitrogens is 1. The number of rotatable bonds is 1. The predicted octanol–water partition coefficient (Wildman–Crippen LogP) is 0.734. The lowest BCUT2D eigenvalue weighted by molar-refractivity contribution is 0.412. The lowest BCUT2D eigenvalue weighted by Crippen LogP contribution is -1.76. The molecule has 3 nitrogen and oxygen atoms in total. The summed E-state index contributed by atoms with van der Waals surface area (Å²) < 4.78 is 24.6. The van der Waals surface area contributed by atoms with E-state index in [1.807, 2.05) is 0 Å². The van der Waals surface area contributed by atoms with Crippen molar-refractivity contribution in [2.45, 2.75) is 0 Å². The SMILES string of the molecule is [2H]C([2H])([2H])Oc1ncc(N)s1. The molecule has 2 N–H and O–H groups in total. The summed E-state index contributed by atoms with van der Waals surface area (Å²) in [6.07, 6.45) is 1.35. The average molecular weight is 133 g/mol. The molecule has 0 aliphatic carbocycles. The van der Waals surface area contributed by atoms with Crippen molar-refractivity contribution < 1.29 is 8.85 Å². The van der Waals surface area contributed by atoms with E-state index in [0.717, 1.165) is 11.3 Å². The predicted molar refractivity (Wildman–Crippen MR) is 33.1 cm³/mol. The van der Waals surface area contributed by atoms with Crippen LogP contribution >= 0.6 is 11.3 Å². The van der Waals surface area contributed by atoms with E-state index in [-0.39, 0.29) is 5.19 Å². The van der Waals surface area contributed by atoms with Gasteiger partial charge in [-0.25, -0.2) is 4.98 Å². The third-order valence-electron chi connectivity index (χ3n) is 0.590. The lowest BCUT2D eigenvalue weighted by Gasteiger charge is -1.84. The Bertz CT molecular complexity index is 246. The van der Waals surface area contributed by atoms with Crippen LogP contribution < -0.4 is 10.5 Å². The molecular formula is C4H6N2OS. The summed E-state index contributed by atoms with van der Waals surface area (Å²) in [7, 11) is -2.44. The van der Waals surface area contributed by atoms with E-state index >= 15 is 0 Å². The third kappa shape index (κ3) is 0.894. The Morgan fingerprint density at radius 3 is 3.50 bits per heavy atom. The molecule has 8 heavy (non-hydrogen) atoms. The molecule has 0 aliphatic rings. The van der Waals surface area contributed by atoms with Crippen LogP contribution in [0.25, 0.3) is 0 Å². The Balaban J connectivity index is 2.65.